The van der Waals surface area contributed by atoms with Crippen LogP contribution in [0, 0.1) is 11.6 Å². The fourth-order valence-corrected chi connectivity index (χ4v) is 3.24. The second kappa shape index (κ2) is 6.26. The molecule has 0 saturated heterocycles. The van der Waals surface area contributed by atoms with Crippen LogP contribution >= 0.6 is 11.3 Å². The molecule has 0 radical (unpaired) electrons. The lowest BCUT2D eigenvalue weighted by molar-refractivity contribution is 0.545. The second-order valence-electron chi connectivity index (χ2n) is 4.38. The Hall–Kier alpha value is -1.26. The van der Waals surface area contributed by atoms with Crippen molar-refractivity contribution in [1.82, 2.24) is 5.32 Å². The van der Waals surface area contributed by atoms with Crippen molar-refractivity contribution in [3.05, 3.63) is 46.8 Å². The molecule has 2 aromatic rings. The third-order valence-corrected chi connectivity index (χ3v) is 4.22. The first-order valence-corrected chi connectivity index (χ1v) is 7.25. The molecule has 2 rings (SSSR count). The highest BCUT2D eigenvalue weighted by molar-refractivity contribution is 7.15. The summed E-state index contributed by atoms with van der Waals surface area (Å²) in [5.41, 5.74) is 0.597. The molecule has 19 heavy (non-hydrogen) atoms. The van der Waals surface area contributed by atoms with Gasteiger partial charge in [0.2, 0.25) is 0 Å². The number of halogens is 2. The van der Waals surface area contributed by atoms with E-state index in [0.717, 1.165) is 23.9 Å². The predicted octanol–water partition coefficient (Wildman–Crippen LogP) is 4.75. The molecular formula is C15H17F2NS. The van der Waals surface area contributed by atoms with Gasteiger partial charge in [0.15, 0.2) is 0 Å². The zero-order valence-corrected chi connectivity index (χ0v) is 11.9. The van der Waals surface area contributed by atoms with Crippen LogP contribution in [0.1, 0.15) is 31.2 Å². The minimum absolute atomic E-state index is 0.308. The van der Waals surface area contributed by atoms with Gasteiger partial charge in [-0.25, -0.2) is 8.78 Å². The van der Waals surface area contributed by atoms with Gasteiger partial charge in [0.05, 0.1) is 0 Å². The number of nitrogens with one attached hydrogen (secondary N) is 1. The number of hydrogen-bond acceptors (Lipinski definition) is 2. The van der Waals surface area contributed by atoms with Crippen LogP contribution in [0.4, 0.5) is 8.78 Å². The van der Waals surface area contributed by atoms with Crippen LogP contribution in [0.3, 0.4) is 0 Å². The monoisotopic (exact) mass is 281 g/mol. The van der Waals surface area contributed by atoms with Crippen LogP contribution in [0.2, 0.25) is 0 Å². The van der Waals surface area contributed by atoms with E-state index in [1.54, 1.807) is 11.3 Å². The summed E-state index contributed by atoms with van der Waals surface area (Å²) >= 11 is 1.58. The van der Waals surface area contributed by atoms with Crippen molar-refractivity contribution < 1.29 is 8.78 Å². The van der Waals surface area contributed by atoms with E-state index >= 15 is 0 Å². The molecule has 0 spiro atoms. The fraction of sp³-hybridized carbons (Fsp3) is 0.333. The average Bonchev–Trinajstić information content (AvgIpc) is 2.84. The first-order chi connectivity index (χ1) is 9.13. The number of thiophene rings is 1. The normalized spacial score (nSPS) is 12.6. The lowest BCUT2D eigenvalue weighted by Gasteiger charge is -2.13. The molecule has 1 nitrogen and oxygen atoms in total. The molecule has 1 aromatic heterocycles. The third kappa shape index (κ3) is 3.39. The van der Waals surface area contributed by atoms with Crippen molar-refractivity contribution in [2.24, 2.45) is 0 Å². The second-order valence-corrected chi connectivity index (χ2v) is 5.49. The van der Waals surface area contributed by atoms with Crippen molar-refractivity contribution in [2.75, 3.05) is 6.54 Å². The van der Waals surface area contributed by atoms with E-state index in [1.165, 1.54) is 17.0 Å². The number of benzene rings is 1. The van der Waals surface area contributed by atoms with Gasteiger partial charge in [-0.1, -0.05) is 13.8 Å². The quantitative estimate of drug-likeness (QED) is 0.833. The van der Waals surface area contributed by atoms with E-state index < -0.39 is 11.6 Å². The summed E-state index contributed by atoms with van der Waals surface area (Å²) in [6, 6.07) is 7.89. The highest BCUT2D eigenvalue weighted by atomic mass is 32.1. The summed E-state index contributed by atoms with van der Waals surface area (Å²) in [4.78, 5) is 2.09. The van der Waals surface area contributed by atoms with Gasteiger partial charge in [0.1, 0.15) is 11.6 Å². The lowest BCUT2D eigenvalue weighted by Crippen LogP contribution is -2.18. The maximum atomic E-state index is 13.2. The number of rotatable bonds is 5. The van der Waals surface area contributed by atoms with Crippen molar-refractivity contribution in [3.8, 4) is 10.4 Å². The van der Waals surface area contributed by atoms with Crippen LogP contribution < -0.4 is 5.32 Å². The van der Waals surface area contributed by atoms with E-state index in [1.807, 2.05) is 12.1 Å². The molecule has 4 heteroatoms. The minimum atomic E-state index is -0.538. The minimum Gasteiger partial charge on any atom is -0.310 e. The van der Waals surface area contributed by atoms with E-state index in [2.05, 4.69) is 19.2 Å². The first-order valence-electron chi connectivity index (χ1n) is 6.43. The smallest absolute Gasteiger partial charge is 0.126 e. The largest absolute Gasteiger partial charge is 0.310 e. The summed E-state index contributed by atoms with van der Waals surface area (Å²) in [6.45, 7) is 5.09. The Bertz CT molecular complexity index is 531. The van der Waals surface area contributed by atoms with Crippen molar-refractivity contribution in [2.45, 2.75) is 26.3 Å². The van der Waals surface area contributed by atoms with E-state index in [-0.39, 0.29) is 0 Å². The van der Waals surface area contributed by atoms with Gasteiger partial charge in [0, 0.05) is 21.9 Å². The van der Waals surface area contributed by atoms with Gasteiger partial charge in [0.25, 0.3) is 0 Å². The Labute approximate surface area is 116 Å². The van der Waals surface area contributed by atoms with E-state index in [0.29, 0.717) is 11.6 Å². The lowest BCUT2D eigenvalue weighted by atomic mass is 10.1. The molecule has 0 amide bonds. The van der Waals surface area contributed by atoms with Gasteiger partial charge >= 0.3 is 0 Å². The molecule has 1 N–H and O–H groups in total. The summed E-state index contributed by atoms with van der Waals surface area (Å²) in [5, 5.41) is 3.40. The van der Waals surface area contributed by atoms with Crippen LogP contribution in [-0.2, 0) is 0 Å². The predicted molar refractivity (Wildman–Crippen MR) is 76.4 cm³/mol. The molecule has 0 aliphatic rings. The van der Waals surface area contributed by atoms with E-state index in [4.69, 9.17) is 0 Å². The van der Waals surface area contributed by atoms with Gasteiger partial charge in [-0.05, 0) is 42.8 Å². The molecule has 1 atom stereocenters. The molecule has 0 aliphatic carbocycles. The van der Waals surface area contributed by atoms with Crippen LogP contribution in [-0.4, -0.2) is 6.54 Å². The third-order valence-electron chi connectivity index (χ3n) is 2.98. The van der Waals surface area contributed by atoms with Crippen molar-refractivity contribution >= 4 is 11.3 Å². The van der Waals surface area contributed by atoms with Crippen LogP contribution in [0.15, 0.2) is 30.3 Å². The molecule has 1 unspecified atom stereocenters. The van der Waals surface area contributed by atoms with Gasteiger partial charge < -0.3 is 5.32 Å². The molecule has 0 aliphatic heterocycles. The highest BCUT2D eigenvalue weighted by Gasteiger charge is 2.12. The Morgan fingerprint density at radius 1 is 1.11 bits per heavy atom. The van der Waals surface area contributed by atoms with Gasteiger partial charge in [-0.15, -0.1) is 11.3 Å². The van der Waals surface area contributed by atoms with Crippen LogP contribution in [0.5, 0.6) is 0 Å². The number of hydrogen-bond donors (Lipinski definition) is 1. The zero-order valence-electron chi connectivity index (χ0n) is 11.0. The summed E-state index contributed by atoms with van der Waals surface area (Å²) < 4.78 is 26.4. The van der Waals surface area contributed by atoms with E-state index in [9.17, 15) is 8.78 Å². The Morgan fingerprint density at radius 2 is 1.79 bits per heavy atom. The standard InChI is InChI=1S/C15H17F2NS/c1-3-13(18-4-2)15-6-5-14(19-15)10-7-11(16)9-12(17)8-10/h5-9,13,18H,3-4H2,1-2H3. The van der Waals surface area contributed by atoms with Crippen LogP contribution in [0.25, 0.3) is 10.4 Å². The molecule has 0 fully saturated rings. The van der Waals surface area contributed by atoms with Gasteiger partial charge in [-0.3, -0.25) is 0 Å². The highest BCUT2D eigenvalue weighted by Crippen LogP contribution is 2.33. The molecule has 1 heterocycles. The maximum Gasteiger partial charge on any atom is 0.126 e. The fourth-order valence-electron chi connectivity index (χ4n) is 2.08. The molecule has 0 saturated carbocycles. The average molecular weight is 281 g/mol. The van der Waals surface area contributed by atoms with Crippen molar-refractivity contribution in [1.29, 1.82) is 0 Å². The van der Waals surface area contributed by atoms with Gasteiger partial charge in [-0.2, -0.15) is 0 Å². The molecular weight excluding hydrogens is 264 g/mol. The molecule has 1 aromatic carbocycles. The topological polar surface area (TPSA) is 12.0 Å². The van der Waals surface area contributed by atoms with Crippen molar-refractivity contribution in [3.63, 3.8) is 0 Å². The Balaban J connectivity index is 2.29. The summed E-state index contributed by atoms with van der Waals surface area (Å²) in [5.74, 6) is -1.08. The first kappa shape index (κ1) is 14.2. The summed E-state index contributed by atoms with van der Waals surface area (Å²) in [7, 11) is 0. The maximum absolute atomic E-state index is 13.2. The Morgan fingerprint density at radius 3 is 2.37 bits per heavy atom. The molecule has 0 bridgehead atoms. The molecule has 102 valence electrons. The zero-order chi connectivity index (χ0) is 13.8. The SMILES string of the molecule is CCNC(CC)c1ccc(-c2cc(F)cc(F)c2)s1. The summed E-state index contributed by atoms with van der Waals surface area (Å²) in [6.07, 6.45) is 0.991. The Kier molecular flexibility index (Phi) is 4.66.